The van der Waals surface area contributed by atoms with Gasteiger partial charge in [-0.3, -0.25) is 29.8 Å². The Kier molecular flexibility index (Phi) is 7.61. The summed E-state index contributed by atoms with van der Waals surface area (Å²) >= 11 is 0. The smallest absolute Gasteiger partial charge is 0.310 e. The lowest BCUT2D eigenvalue weighted by atomic mass is 10.2. The minimum Gasteiger partial charge on any atom is -0.474 e. The Balaban J connectivity index is 1.55. The summed E-state index contributed by atoms with van der Waals surface area (Å²) in [4.78, 5) is 49.7. The molecule has 1 aliphatic heterocycles. The Morgan fingerprint density at radius 1 is 0.735 bits per heavy atom. The first-order chi connectivity index (χ1) is 16.2. The first-order valence-corrected chi connectivity index (χ1v) is 10.6. The minimum absolute atomic E-state index is 0.00291. The second kappa shape index (κ2) is 10.6. The van der Waals surface area contributed by atoms with E-state index in [1.807, 2.05) is 0 Å². The Morgan fingerprint density at radius 2 is 1.06 bits per heavy atom. The number of amides is 2. The van der Waals surface area contributed by atoms with Crippen LogP contribution in [0.5, 0.6) is 11.5 Å². The van der Waals surface area contributed by atoms with Gasteiger partial charge in [-0.1, -0.05) is 24.3 Å². The van der Waals surface area contributed by atoms with Crippen molar-refractivity contribution in [1.29, 1.82) is 0 Å². The van der Waals surface area contributed by atoms with E-state index in [1.165, 1.54) is 60.0 Å². The van der Waals surface area contributed by atoms with E-state index in [0.717, 1.165) is 0 Å². The molecule has 12 heteroatoms. The Labute approximate surface area is 195 Å². The molecule has 0 bridgehead atoms. The molecular formula is C22H24N4O8. The molecule has 1 saturated heterocycles. The van der Waals surface area contributed by atoms with E-state index in [-0.39, 0.29) is 60.9 Å². The Bertz CT molecular complexity index is 999. The van der Waals surface area contributed by atoms with E-state index >= 15 is 0 Å². The SMILES string of the molecule is CC(Oc1ccccc1[N+](=O)[O-])C(=O)N1CCN(C(=O)C(C)Oc2ccccc2[N+](=O)[O-])CC1. The third-order valence-corrected chi connectivity index (χ3v) is 5.33. The number of piperazine rings is 1. The molecule has 12 nitrogen and oxygen atoms in total. The molecule has 1 aliphatic rings. The summed E-state index contributed by atoms with van der Waals surface area (Å²) in [6.45, 7) is 4.00. The van der Waals surface area contributed by atoms with Crippen LogP contribution in [0.25, 0.3) is 0 Å². The van der Waals surface area contributed by atoms with Gasteiger partial charge in [-0.05, 0) is 26.0 Å². The van der Waals surface area contributed by atoms with Crippen LogP contribution < -0.4 is 9.47 Å². The summed E-state index contributed by atoms with van der Waals surface area (Å²) in [5, 5.41) is 22.3. The number of rotatable bonds is 8. The van der Waals surface area contributed by atoms with Crippen molar-refractivity contribution in [2.24, 2.45) is 0 Å². The van der Waals surface area contributed by atoms with Crippen LogP contribution in [-0.4, -0.2) is 69.8 Å². The van der Waals surface area contributed by atoms with Crippen LogP contribution in [0, 0.1) is 20.2 Å². The molecular weight excluding hydrogens is 448 g/mol. The quantitative estimate of drug-likeness (QED) is 0.421. The van der Waals surface area contributed by atoms with Gasteiger partial charge in [0.15, 0.2) is 23.7 Å². The van der Waals surface area contributed by atoms with E-state index in [4.69, 9.17) is 9.47 Å². The van der Waals surface area contributed by atoms with Gasteiger partial charge in [-0.25, -0.2) is 0 Å². The lowest BCUT2D eigenvalue weighted by Crippen LogP contribution is -2.55. The van der Waals surface area contributed by atoms with Gasteiger partial charge in [0.05, 0.1) is 9.85 Å². The second-order valence-electron chi connectivity index (χ2n) is 7.62. The summed E-state index contributed by atoms with van der Waals surface area (Å²) in [6.07, 6.45) is -1.91. The molecule has 0 radical (unpaired) electrons. The summed E-state index contributed by atoms with van der Waals surface area (Å²) in [5.74, 6) is -0.699. The van der Waals surface area contributed by atoms with Crippen LogP contribution in [0.1, 0.15) is 13.8 Å². The second-order valence-corrected chi connectivity index (χ2v) is 7.62. The number of ether oxygens (including phenoxy) is 2. The predicted molar refractivity (Wildman–Crippen MR) is 120 cm³/mol. The van der Waals surface area contributed by atoms with Crippen molar-refractivity contribution in [1.82, 2.24) is 9.80 Å². The molecule has 1 heterocycles. The number of para-hydroxylation sites is 4. The van der Waals surface area contributed by atoms with Gasteiger partial charge < -0.3 is 19.3 Å². The van der Waals surface area contributed by atoms with Crippen LogP contribution in [-0.2, 0) is 9.59 Å². The standard InChI is InChI=1S/C22H24N4O8/c1-15(33-19-9-5-3-7-17(19)25(29)30)21(27)23-11-13-24(14-12-23)22(28)16(2)34-20-10-6-4-8-18(20)26(31)32/h3-10,15-16H,11-14H2,1-2H3. The van der Waals surface area contributed by atoms with Gasteiger partial charge in [0.2, 0.25) is 0 Å². The fourth-order valence-electron chi connectivity index (χ4n) is 3.56. The zero-order valence-electron chi connectivity index (χ0n) is 18.7. The third kappa shape index (κ3) is 5.57. The molecule has 2 atom stereocenters. The highest BCUT2D eigenvalue weighted by Gasteiger charge is 2.31. The van der Waals surface area contributed by atoms with Crippen LogP contribution in [0.2, 0.25) is 0 Å². The zero-order valence-corrected chi connectivity index (χ0v) is 18.7. The predicted octanol–water partition coefficient (Wildman–Crippen LogP) is 2.41. The van der Waals surface area contributed by atoms with Crippen molar-refractivity contribution in [2.75, 3.05) is 26.2 Å². The third-order valence-electron chi connectivity index (χ3n) is 5.33. The van der Waals surface area contributed by atoms with Crippen LogP contribution in [0.4, 0.5) is 11.4 Å². The molecule has 0 saturated carbocycles. The molecule has 2 aromatic rings. The molecule has 0 N–H and O–H groups in total. The molecule has 2 amide bonds. The monoisotopic (exact) mass is 472 g/mol. The van der Waals surface area contributed by atoms with Gasteiger partial charge >= 0.3 is 11.4 Å². The van der Waals surface area contributed by atoms with E-state index in [0.29, 0.717) is 0 Å². The molecule has 0 aromatic heterocycles. The maximum Gasteiger partial charge on any atom is 0.310 e. The van der Waals surface area contributed by atoms with Crippen LogP contribution in [0.3, 0.4) is 0 Å². The van der Waals surface area contributed by atoms with Crippen LogP contribution >= 0.6 is 0 Å². The van der Waals surface area contributed by atoms with Crippen molar-refractivity contribution >= 4 is 23.2 Å². The highest BCUT2D eigenvalue weighted by Crippen LogP contribution is 2.28. The Hall–Kier alpha value is -4.22. The number of benzene rings is 2. The van der Waals surface area contributed by atoms with Crippen molar-refractivity contribution < 1.29 is 28.9 Å². The van der Waals surface area contributed by atoms with E-state index in [1.54, 1.807) is 12.1 Å². The highest BCUT2D eigenvalue weighted by molar-refractivity contribution is 5.83. The van der Waals surface area contributed by atoms with Crippen molar-refractivity contribution in [2.45, 2.75) is 26.1 Å². The molecule has 1 fully saturated rings. The molecule has 180 valence electrons. The number of carbonyl (C=O) groups is 2. The highest BCUT2D eigenvalue weighted by atomic mass is 16.6. The van der Waals surface area contributed by atoms with Crippen molar-refractivity contribution in [3.63, 3.8) is 0 Å². The van der Waals surface area contributed by atoms with E-state index in [9.17, 15) is 29.8 Å². The summed E-state index contributed by atoms with van der Waals surface area (Å²) in [5.41, 5.74) is -0.463. The number of hydrogen-bond acceptors (Lipinski definition) is 8. The largest absolute Gasteiger partial charge is 0.474 e. The van der Waals surface area contributed by atoms with Crippen molar-refractivity contribution in [3.05, 3.63) is 68.8 Å². The molecule has 0 aliphatic carbocycles. The maximum absolute atomic E-state index is 12.8. The molecule has 3 rings (SSSR count). The van der Waals surface area contributed by atoms with Gasteiger partial charge in [0.1, 0.15) is 0 Å². The number of nitrogens with zero attached hydrogens (tertiary/aromatic N) is 4. The summed E-state index contributed by atoms with van der Waals surface area (Å²) < 4.78 is 11.1. The topological polar surface area (TPSA) is 145 Å². The number of nitro benzene ring substituents is 2. The van der Waals surface area contributed by atoms with E-state index < -0.39 is 22.1 Å². The lowest BCUT2D eigenvalue weighted by molar-refractivity contribution is -0.386. The number of hydrogen-bond donors (Lipinski definition) is 0. The molecule has 0 spiro atoms. The number of nitro groups is 2. The normalized spacial score (nSPS) is 15.2. The average Bonchev–Trinajstić information content (AvgIpc) is 2.83. The fourth-order valence-corrected chi connectivity index (χ4v) is 3.56. The van der Waals surface area contributed by atoms with E-state index in [2.05, 4.69) is 0 Å². The van der Waals surface area contributed by atoms with Crippen molar-refractivity contribution in [3.8, 4) is 11.5 Å². The van der Waals surface area contributed by atoms with Gasteiger partial charge in [0.25, 0.3) is 11.8 Å². The first kappa shape index (κ1) is 24.4. The maximum atomic E-state index is 12.8. The summed E-state index contributed by atoms with van der Waals surface area (Å²) in [6, 6.07) is 11.6. The molecule has 34 heavy (non-hydrogen) atoms. The molecule has 2 aromatic carbocycles. The number of carbonyl (C=O) groups excluding carboxylic acids is 2. The minimum atomic E-state index is -0.954. The van der Waals surface area contributed by atoms with Gasteiger partial charge in [-0.15, -0.1) is 0 Å². The Morgan fingerprint density at radius 3 is 1.38 bits per heavy atom. The fraction of sp³-hybridized carbons (Fsp3) is 0.364. The first-order valence-electron chi connectivity index (χ1n) is 10.6. The summed E-state index contributed by atoms with van der Waals surface area (Å²) in [7, 11) is 0. The van der Waals surface area contributed by atoms with Gasteiger partial charge in [-0.2, -0.15) is 0 Å². The average molecular weight is 472 g/mol. The lowest BCUT2D eigenvalue weighted by Gasteiger charge is -2.36. The molecule has 2 unspecified atom stereocenters. The van der Waals surface area contributed by atoms with Crippen LogP contribution in [0.15, 0.2) is 48.5 Å². The van der Waals surface area contributed by atoms with Gasteiger partial charge in [0, 0.05) is 38.3 Å². The zero-order chi connectivity index (χ0) is 24.8.